The minimum absolute atomic E-state index is 0.0670. The molecule has 124 valence electrons. The van der Waals surface area contributed by atoms with Crippen LogP contribution in [0.15, 0.2) is 35.6 Å². The van der Waals surface area contributed by atoms with Crippen molar-refractivity contribution in [3.8, 4) is 23.1 Å². The van der Waals surface area contributed by atoms with Gasteiger partial charge >= 0.3 is 0 Å². The highest BCUT2D eigenvalue weighted by Crippen LogP contribution is 2.35. The van der Waals surface area contributed by atoms with Crippen LogP contribution in [0.2, 0.25) is 0 Å². The lowest BCUT2D eigenvalue weighted by atomic mass is 10.3. The number of hydrogen-bond acceptors (Lipinski definition) is 8. The zero-order valence-corrected chi connectivity index (χ0v) is 13.4. The molecule has 1 aromatic carbocycles. The lowest BCUT2D eigenvalue weighted by Gasteiger charge is -2.13. The molecule has 1 N–H and O–H groups in total. The second-order valence-electron chi connectivity index (χ2n) is 4.42. The first-order chi connectivity index (χ1) is 11.0. The predicted octanol–water partition coefficient (Wildman–Crippen LogP) is 1.05. The van der Waals surface area contributed by atoms with Gasteiger partial charge in [-0.25, -0.2) is 13.4 Å². The van der Waals surface area contributed by atoms with Crippen molar-refractivity contribution in [2.75, 3.05) is 26.6 Å². The van der Waals surface area contributed by atoms with Gasteiger partial charge in [0, 0.05) is 6.26 Å². The molecule has 0 amide bonds. The zero-order valence-electron chi connectivity index (χ0n) is 12.6. The molecule has 1 aromatic heterocycles. The first-order valence-corrected chi connectivity index (χ1v) is 8.46. The van der Waals surface area contributed by atoms with E-state index in [1.165, 1.54) is 13.3 Å². The smallest absolute Gasteiger partial charge is 0.262 e. The monoisotopic (exact) mass is 340 g/mol. The molecule has 0 radical (unpaired) electrons. The molecule has 0 fully saturated rings. The van der Waals surface area contributed by atoms with E-state index in [1.54, 1.807) is 24.3 Å². The zero-order chi connectivity index (χ0) is 16.9. The van der Waals surface area contributed by atoms with Crippen molar-refractivity contribution >= 4 is 9.84 Å². The molecule has 2 rings (SSSR count). The van der Waals surface area contributed by atoms with Crippen molar-refractivity contribution in [1.82, 2.24) is 9.97 Å². The number of nitrogens with zero attached hydrogens (tertiary/aromatic N) is 2. The number of benzene rings is 1. The average Bonchev–Trinajstić information content (AvgIpc) is 2.53. The number of para-hydroxylation sites is 2. The van der Waals surface area contributed by atoms with Crippen molar-refractivity contribution in [1.29, 1.82) is 0 Å². The van der Waals surface area contributed by atoms with Crippen LogP contribution >= 0.6 is 0 Å². The summed E-state index contributed by atoms with van der Waals surface area (Å²) >= 11 is 0. The molecule has 0 aliphatic rings. The molecule has 0 saturated heterocycles. The summed E-state index contributed by atoms with van der Waals surface area (Å²) in [5.41, 5.74) is 0. The number of aliphatic hydroxyl groups is 1. The Morgan fingerprint density at radius 1 is 1.17 bits per heavy atom. The van der Waals surface area contributed by atoms with Gasteiger partial charge in [0.2, 0.25) is 20.7 Å². The summed E-state index contributed by atoms with van der Waals surface area (Å²) in [4.78, 5) is 7.60. The van der Waals surface area contributed by atoms with Crippen molar-refractivity contribution in [3.05, 3.63) is 30.5 Å². The van der Waals surface area contributed by atoms with Gasteiger partial charge in [0.1, 0.15) is 6.61 Å². The summed E-state index contributed by atoms with van der Waals surface area (Å²) in [7, 11) is -2.10. The number of sulfone groups is 1. The van der Waals surface area contributed by atoms with Gasteiger partial charge in [-0.1, -0.05) is 12.1 Å². The van der Waals surface area contributed by atoms with Crippen LogP contribution < -0.4 is 14.2 Å². The highest BCUT2D eigenvalue weighted by atomic mass is 32.2. The molecule has 0 aliphatic heterocycles. The predicted molar refractivity (Wildman–Crippen MR) is 80.8 cm³/mol. The molecule has 0 spiro atoms. The third kappa shape index (κ3) is 4.30. The van der Waals surface area contributed by atoms with Crippen molar-refractivity contribution in [3.63, 3.8) is 0 Å². The lowest BCUT2D eigenvalue weighted by molar-refractivity contribution is 0.191. The van der Waals surface area contributed by atoms with Crippen LogP contribution in [-0.2, 0) is 9.84 Å². The van der Waals surface area contributed by atoms with Gasteiger partial charge in [-0.3, -0.25) is 0 Å². The standard InChI is InChI=1S/C14H16N2O6S/c1-20-10-5-3-4-6-11(10)22-12-9-15-14(23(2,18)19)16-13(12)21-8-7-17/h3-6,9,17H,7-8H2,1-2H3. The summed E-state index contributed by atoms with van der Waals surface area (Å²) in [6.45, 7) is -0.325. The molecular formula is C14H16N2O6S. The van der Waals surface area contributed by atoms with E-state index in [4.69, 9.17) is 19.3 Å². The molecule has 0 bridgehead atoms. The number of rotatable bonds is 7. The Morgan fingerprint density at radius 2 is 1.87 bits per heavy atom. The highest BCUT2D eigenvalue weighted by Gasteiger charge is 2.18. The van der Waals surface area contributed by atoms with Gasteiger partial charge in [-0.15, -0.1) is 0 Å². The Kier molecular flexibility index (Phi) is 5.35. The molecule has 0 aliphatic carbocycles. The van der Waals surface area contributed by atoms with Gasteiger partial charge < -0.3 is 19.3 Å². The quantitative estimate of drug-likeness (QED) is 0.745. The topological polar surface area (TPSA) is 108 Å². The summed E-state index contributed by atoms with van der Waals surface area (Å²) < 4.78 is 39.1. The minimum Gasteiger partial charge on any atom is -0.493 e. The van der Waals surface area contributed by atoms with Crippen LogP contribution in [0.25, 0.3) is 0 Å². The van der Waals surface area contributed by atoms with E-state index in [2.05, 4.69) is 9.97 Å². The van der Waals surface area contributed by atoms with Crippen LogP contribution in [0.1, 0.15) is 0 Å². The van der Waals surface area contributed by atoms with Crippen LogP contribution in [0, 0.1) is 0 Å². The van der Waals surface area contributed by atoms with Gasteiger partial charge in [0.15, 0.2) is 11.5 Å². The number of methoxy groups -OCH3 is 1. The molecule has 23 heavy (non-hydrogen) atoms. The number of aromatic nitrogens is 2. The van der Waals surface area contributed by atoms with Gasteiger partial charge in [-0.2, -0.15) is 4.98 Å². The largest absolute Gasteiger partial charge is 0.493 e. The van der Waals surface area contributed by atoms with Crippen LogP contribution in [-0.4, -0.2) is 50.1 Å². The summed E-state index contributed by atoms with van der Waals surface area (Å²) in [5, 5.41) is 8.48. The number of ether oxygens (including phenoxy) is 3. The highest BCUT2D eigenvalue weighted by molar-refractivity contribution is 7.90. The number of aliphatic hydroxyl groups excluding tert-OH is 1. The fourth-order valence-electron chi connectivity index (χ4n) is 1.66. The van der Waals surface area contributed by atoms with E-state index >= 15 is 0 Å². The molecule has 0 atom stereocenters. The molecule has 9 heteroatoms. The van der Waals surface area contributed by atoms with E-state index in [9.17, 15) is 8.42 Å². The van der Waals surface area contributed by atoms with Crippen LogP contribution in [0.5, 0.6) is 23.1 Å². The van der Waals surface area contributed by atoms with E-state index in [1.807, 2.05) is 0 Å². The Hall–Kier alpha value is -2.39. The fraction of sp³-hybridized carbons (Fsp3) is 0.286. The van der Waals surface area contributed by atoms with Crippen LogP contribution in [0.4, 0.5) is 0 Å². The van der Waals surface area contributed by atoms with Crippen molar-refractivity contribution in [2.24, 2.45) is 0 Å². The van der Waals surface area contributed by atoms with E-state index < -0.39 is 15.0 Å². The van der Waals surface area contributed by atoms with Crippen LogP contribution in [0.3, 0.4) is 0 Å². The van der Waals surface area contributed by atoms with E-state index in [0.717, 1.165) is 6.26 Å². The third-order valence-electron chi connectivity index (χ3n) is 2.65. The first-order valence-electron chi connectivity index (χ1n) is 6.57. The molecule has 2 aromatic rings. The Bertz CT molecular complexity index is 779. The summed E-state index contributed by atoms with van der Waals surface area (Å²) in [6, 6.07) is 6.89. The Morgan fingerprint density at radius 3 is 2.48 bits per heavy atom. The lowest BCUT2D eigenvalue weighted by Crippen LogP contribution is -2.09. The number of hydrogen-bond donors (Lipinski definition) is 1. The third-order valence-corrected chi connectivity index (χ3v) is 3.51. The molecule has 8 nitrogen and oxygen atoms in total. The van der Waals surface area contributed by atoms with E-state index in [0.29, 0.717) is 11.5 Å². The molecule has 0 saturated carbocycles. The van der Waals surface area contributed by atoms with E-state index in [-0.39, 0.29) is 24.8 Å². The molecular weight excluding hydrogens is 324 g/mol. The van der Waals surface area contributed by atoms with Crippen molar-refractivity contribution in [2.45, 2.75) is 5.16 Å². The Balaban J connectivity index is 2.40. The summed E-state index contributed by atoms with van der Waals surface area (Å²) in [5.74, 6) is 0.892. The second-order valence-corrected chi connectivity index (χ2v) is 6.33. The molecule has 0 unspecified atom stereocenters. The fourth-order valence-corrected chi connectivity index (χ4v) is 2.15. The Labute approximate surface area is 133 Å². The first kappa shape index (κ1) is 17.0. The maximum absolute atomic E-state index is 11.5. The van der Waals surface area contributed by atoms with Crippen molar-refractivity contribution < 1.29 is 27.7 Å². The maximum Gasteiger partial charge on any atom is 0.262 e. The maximum atomic E-state index is 11.5. The van der Waals surface area contributed by atoms with Gasteiger partial charge in [0.25, 0.3) is 5.88 Å². The minimum atomic E-state index is -3.60. The second kappa shape index (κ2) is 7.25. The molecule has 1 heterocycles. The average molecular weight is 340 g/mol. The SMILES string of the molecule is COc1ccccc1Oc1cnc(S(C)(=O)=O)nc1OCCO. The van der Waals surface area contributed by atoms with Gasteiger partial charge in [-0.05, 0) is 12.1 Å². The normalized spacial score (nSPS) is 11.1. The summed E-state index contributed by atoms with van der Waals surface area (Å²) in [6.07, 6.45) is 2.18. The van der Waals surface area contributed by atoms with Gasteiger partial charge in [0.05, 0.1) is 19.9 Å².